The van der Waals surface area contributed by atoms with Gasteiger partial charge in [-0.15, -0.1) is 13.2 Å². The molecular weight excluding hydrogens is 124 g/mol. The molecule has 1 aliphatic heterocycles. The monoisotopic (exact) mass is 138 g/mol. The Balaban J connectivity index is 2.27. The summed E-state index contributed by atoms with van der Waals surface area (Å²) in [5.74, 6) is 0. The van der Waals surface area contributed by atoms with Crippen molar-refractivity contribution in [1.82, 2.24) is 0 Å². The Morgan fingerprint density at radius 1 is 1.40 bits per heavy atom. The van der Waals surface area contributed by atoms with Gasteiger partial charge in [-0.25, -0.2) is 0 Å². The quantitative estimate of drug-likeness (QED) is 0.544. The van der Waals surface area contributed by atoms with E-state index in [4.69, 9.17) is 4.74 Å². The van der Waals surface area contributed by atoms with Gasteiger partial charge < -0.3 is 4.74 Å². The van der Waals surface area contributed by atoms with Gasteiger partial charge in [-0.1, -0.05) is 12.2 Å². The largest absolute Gasteiger partial charge is 0.371 e. The van der Waals surface area contributed by atoms with E-state index >= 15 is 0 Å². The van der Waals surface area contributed by atoms with Crippen LogP contribution in [0.3, 0.4) is 0 Å². The molecule has 0 saturated carbocycles. The van der Waals surface area contributed by atoms with Crippen molar-refractivity contribution in [2.45, 2.75) is 31.5 Å². The lowest BCUT2D eigenvalue weighted by atomic mass is 10.1. The summed E-state index contributed by atoms with van der Waals surface area (Å²) in [6, 6.07) is 0. The average molecular weight is 138 g/mol. The van der Waals surface area contributed by atoms with Gasteiger partial charge in [0.25, 0.3) is 0 Å². The Morgan fingerprint density at radius 3 is 2.70 bits per heavy atom. The Labute approximate surface area is 62.4 Å². The van der Waals surface area contributed by atoms with Gasteiger partial charge in [-0.2, -0.15) is 0 Å². The standard InChI is InChI=1S/C9H14O/c1-3-5-9-7-6-8(4-2)10-9/h3-4,8-9H,1-2,5-7H2. The molecule has 0 aromatic carbocycles. The molecule has 0 aliphatic carbocycles. The highest BCUT2D eigenvalue weighted by atomic mass is 16.5. The second-order valence-corrected chi connectivity index (χ2v) is 2.63. The number of ether oxygens (including phenoxy) is 1. The van der Waals surface area contributed by atoms with Gasteiger partial charge in [0.15, 0.2) is 0 Å². The molecule has 2 unspecified atom stereocenters. The normalized spacial score (nSPS) is 32.0. The molecule has 1 saturated heterocycles. The van der Waals surface area contributed by atoms with Gasteiger partial charge in [0.05, 0.1) is 12.2 Å². The SMILES string of the molecule is C=CCC1CCC(C=C)O1. The van der Waals surface area contributed by atoms with E-state index in [1.165, 1.54) is 0 Å². The third-order valence-corrected chi connectivity index (χ3v) is 1.83. The third kappa shape index (κ3) is 1.71. The first-order valence-corrected chi connectivity index (χ1v) is 3.75. The van der Waals surface area contributed by atoms with Crippen molar-refractivity contribution in [1.29, 1.82) is 0 Å². The van der Waals surface area contributed by atoms with Crippen molar-refractivity contribution in [2.75, 3.05) is 0 Å². The topological polar surface area (TPSA) is 9.23 Å². The summed E-state index contributed by atoms with van der Waals surface area (Å²) in [6.07, 6.45) is 7.75. The molecule has 1 nitrogen and oxygen atoms in total. The van der Waals surface area contributed by atoms with Crippen molar-refractivity contribution in [3.63, 3.8) is 0 Å². The van der Waals surface area contributed by atoms with Gasteiger partial charge >= 0.3 is 0 Å². The fraction of sp³-hybridized carbons (Fsp3) is 0.556. The molecule has 1 rings (SSSR count). The van der Waals surface area contributed by atoms with Gasteiger partial charge in [0, 0.05) is 0 Å². The van der Waals surface area contributed by atoms with Crippen LogP contribution in [0.1, 0.15) is 19.3 Å². The van der Waals surface area contributed by atoms with Crippen LogP contribution in [0.15, 0.2) is 25.3 Å². The molecule has 1 aliphatic rings. The minimum Gasteiger partial charge on any atom is -0.371 e. The fourth-order valence-corrected chi connectivity index (χ4v) is 1.27. The van der Waals surface area contributed by atoms with Gasteiger partial charge in [0.2, 0.25) is 0 Å². The predicted octanol–water partition coefficient (Wildman–Crippen LogP) is 2.30. The van der Waals surface area contributed by atoms with Crippen molar-refractivity contribution < 1.29 is 4.74 Å². The lowest BCUT2D eigenvalue weighted by molar-refractivity contribution is 0.0735. The van der Waals surface area contributed by atoms with E-state index in [2.05, 4.69) is 13.2 Å². The van der Waals surface area contributed by atoms with Crippen LogP contribution in [0.4, 0.5) is 0 Å². The van der Waals surface area contributed by atoms with Crippen LogP contribution < -0.4 is 0 Å². The summed E-state index contributed by atoms with van der Waals surface area (Å²) in [7, 11) is 0. The van der Waals surface area contributed by atoms with Crippen LogP contribution in [0.2, 0.25) is 0 Å². The molecule has 0 N–H and O–H groups in total. The molecule has 56 valence electrons. The molecule has 10 heavy (non-hydrogen) atoms. The highest BCUT2D eigenvalue weighted by molar-refractivity contribution is 4.88. The van der Waals surface area contributed by atoms with Gasteiger partial charge in [-0.05, 0) is 19.3 Å². The van der Waals surface area contributed by atoms with E-state index in [1.807, 2.05) is 12.2 Å². The molecule has 2 atom stereocenters. The van der Waals surface area contributed by atoms with Crippen LogP contribution in [-0.4, -0.2) is 12.2 Å². The first-order chi connectivity index (χ1) is 4.86. The molecule has 0 aromatic heterocycles. The Morgan fingerprint density at radius 2 is 2.20 bits per heavy atom. The molecule has 1 heterocycles. The zero-order valence-corrected chi connectivity index (χ0v) is 6.25. The summed E-state index contributed by atoms with van der Waals surface area (Å²) < 4.78 is 5.56. The molecule has 0 aromatic rings. The summed E-state index contributed by atoms with van der Waals surface area (Å²) in [4.78, 5) is 0. The van der Waals surface area contributed by atoms with E-state index in [-0.39, 0.29) is 0 Å². The maximum atomic E-state index is 5.56. The molecule has 1 fully saturated rings. The highest BCUT2D eigenvalue weighted by Crippen LogP contribution is 2.22. The first-order valence-electron chi connectivity index (χ1n) is 3.75. The Bertz CT molecular complexity index is 129. The van der Waals surface area contributed by atoms with E-state index in [1.54, 1.807) is 0 Å². The maximum absolute atomic E-state index is 5.56. The summed E-state index contributed by atoms with van der Waals surface area (Å²) in [5, 5.41) is 0. The van der Waals surface area contributed by atoms with E-state index in [0.717, 1.165) is 19.3 Å². The smallest absolute Gasteiger partial charge is 0.0758 e. The fourth-order valence-electron chi connectivity index (χ4n) is 1.27. The first kappa shape index (κ1) is 7.55. The lowest BCUT2D eigenvalue weighted by Gasteiger charge is -2.07. The highest BCUT2D eigenvalue weighted by Gasteiger charge is 2.20. The molecule has 0 amide bonds. The summed E-state index contributed by atoms with van der Waals surface area (Å²) >= 11 is 0. The van der Waals surface area contributed by atoms with Gasteiger partial charge in [0.1, 0.15) is 0 Å². The van der Waals surface area contributed by atoms with Crippen molar-refractivity contribution in [3.8, 4) is 0 Å². The molecule has 1 heteroatoms. The van der Waals surface area contributed by atoms with E-state index in [9.17, 15) is 0 Å². The maximum Gasteiger partial charge on any atom is 0.0758 e. The zero-order chi connectivity index (χ0) is 7.40. The number of rotatable bonds is 3. The zero-order valence-electron chi connectivity index (χ0n) is 6.25. The van der Waals surface area contributed by atoms with E-state index in [0.29, 0.717) is 12.2 Å². The molecular formula is C9H14O. The van der Waals surface area contributed by atoms with Crippen molar-refractivity contribution in [2.24, 2.45) is 0 Å². The van der Waals surface area contributed by atoms with Gasteiger partial charge in [-0.3, -0.25) is 0 Å². The molecule has 0 radical (unpaired) electrons. The molecule has 0 spiro atoms. The van der Waals surface area contributed by atoms with E-state index < -0.39 is 0 Å². The van der Waals surface area contributed by atoms with Crippen molar-refractivity contribution in [3.05, 3.63) is 25.3 Å². The Hall–Kier alpha value is -0.560. The Kier molecular flexibility index (Phi) is 2.69. The summed E-state index contributed by atoms with van der Waals surface area (Å²) in [5.41, 5.74) is 0. The second kappa shape index (κ2) is 3.57. The minimum atomic E-state index is 0.296. The lowest BCUT2D eigenvalue weighted by Crippen LogP contribution is -2.06. The van der Waals surface area contributed by atoms with Crippen LogP contribution >= 0.6 is 0 Å². The number of hydrogen-bond donors (Lipinski definition) is 0. The summed E-state index contributed by atoms with van der Waals surface area (Å²) in [6.45, 7) is 7.36. The van der Waals surface area contributed by atoms with Crippen molar-refractivity contribution >= 4 is 0 Å². The minimum absolute atomic E-state index is 0.296. The third-order valence-electron chi connectivity index (χ3n) is 1.83. The van der Waals surface area contributed by atoms with Crippen LogP contribution in [0.25, 0.3) is 0 Å². The second-order valence-electron chi connectivity index (χ2n) is 2.63. The molecule has 0 bridgehead atoms. The average Bonchev–Trinajstić information content (AvgIpc) is 2.37. The van der Waals surface area contributed by atoms with Crippen LogP contribution in [0.5, 0.6) is 0 Å². The number of hydrogen-bond acceptors (Lipinski definition) is 1. The van der Waals surface area contributed by atoms with Crippen LogP contribution in [0, 0.1) is 0 Å². The predicted molar refractivity (Wildman–Crippen MR) is 42.9 cm³/mol. The van der Waals surface area contributed by atoms with Crippen LogP contribution in [-0.2, 0) is 4.74 Å².